The summed E-state index contributed by atoms with van der Waals surface area (Å²) >= 11 is 0. The molecule has 0 saturated heterocycles. The highest BCUT2D eigenvalue weighted by Crippen LogP contribution is 2.44. The van der Waals surface area contributed by atoms with Crippen LogP contribution in [0.25, 0.3) is 0 Å². The van der Waals surface area contributed by atoms with E-state index in [0.717, 1.165) is 32.3 Å². The predicted molar refractivity (Wildman–Crippen MR) is 168 cm³/mol. The fourth-order valence-electron chi connectivity index (χ4n) is 5.65. The molecule has 0 N–H and O–H groups in total. The van der Waals surface area contributed by atoms with Gasteiger partial charge in [0.05, 0.1) is 33.9 Å². The average Bonchev–Trinajstić information content (AvgIpc) is 3.32. The minimum absolute atomic E-state index is 0.148. The Balaban J connectivity index is 1.86. The number of phosphoric acid groups is 1. The number of nitrogens with zero attached hydrogens (tertiary/aromatic N) is 1. The lowest BCUT2D eigenvalue weighted by atomic mass is 10.0. The summed E-state index contributed by atoms with van der Waals surface area (Å²) in [5.74, 6) is 0.148. The Morgan fingerprint density at radius 2 is 1.12 bits per heavy atom. The lowest BCUT2D eigenvalue weighted by Gasteiger charge is -2.30. The standard InChI is InChI=1S/C33H68NO5P/c1-5-6-7-8-9-10-11-12-13-14-15-16-17-18-19-20-21-22-23-24-29-37-31-32-26-25-27-33(32)39-40(35,36)38-30-28-34(2,3)4/h32-33H,5-31H2,1-4H3/t32-,33+/m0/s1. The maximum absolute atomic E-state index is 12.2. The van der Waals surface area contributed by atoms with Crippen LogP contribution < -0.4 is 4.89 Å². The van der Waals surface area contributed by atoms with Crippen molar-refractivity contribution in [1.29, 1.82) is 0 Å². The van der Waals surface area contributed by atoms with Gasteiger partial charge < -0.3 is 23.2 Å². The highest BCUT2D eigenvalue weighted by molar-refractivity contribution is 7.45. The second-order valence-electron chi connectivity index (χ2n) is 13.4. The molecule has 1 unspecified atom stereocenters. The van der Waals surface area contributed by atoms with Gasteiger partial charge in [-0.2, -0.15) is 0 Å². The molecule has 1 aliphatic rings. The number of hydrogen-bond acceptors (Lipinski definition) is 5. The molecule has 6 nitrogen and oxygen atoms in total. The lowest BCUT2D eigenvalue weighted by Crippen LogP contribution is -2.37. The van der Waals surface area contributed by atoms with Crippen molar-refractivity contribution in [1.82, 2.24) is 0 Å². The van der Waals surface area contributed by atoms with E-state index in [1.807, 2.05) is 21.1 Å². The molecule has 0 aliphatic heterocycles. The number of ether oxygens (including phenoxy) is 1. The third kappa shape index (κ3) is 23.6. The first-order valence-corrected chi connectivity index (χ1v) is 18.7. The van der Waals surface area contributed by atoms with E-state index >= 15 is 0 Å². The molecule has 1 aliphatic carbocycles. The van der Waals surface area contributed by atoms with Gasteiger partial charge in [0.1, 0.15) is 13.2 Å². The van der Waals surface area contributed by atoms with Crippen LogP contribution in [0.3, 0.4) is 0 Å². The lowest BCUT2D eigenvalue weighted by molar-refractivity contribution is -0.870. The van der Waals surface area contributed by atoms with Crippen molar-refractivity contribution < 1.29 is 27.7 Å². The first kappa shape index (κ1) is 38.1. The summed E-state index contributed by atoms with van der Waals surface area (Å²) in [5, 5.41) is 0. The molecule has 1 rings (SSSR count). The third-order valence-corrected chi connectivity index (χ3v) is 9.37. The van der Waals surface area contributed by atoms with Crippen LogP contribution in [0.2, 0.25) is 0 Å². The molecular weight excluding hydrogens is 521 g/mol. The van der Waals surface area contributed by atoms with Crippen molar-refractivity contribution in [2.45, 2.75) is 161 Å². The number of hydrogen-bond donors (Lipinski definition) is 0. The van der Waals surface area contributed by atoms with Crippen molar-refractivity contribution in [3.8, 4) is 0 Å². The van der Waals surface area contributed by atoms with Crippen molar-refractivity contribution in [3.05, 3.63) is 0 Å². The van der Waals surface area contributed by atoms with Gasteiger partial charge in [0.15, 0.2) is 0 Å². The van der Waals surface area contributed by atoms with Crippen molar-refractivity contribution in [3.63, 3.8) is 0 Å². The smallest absolute Gasteiger partial charge is 0.268 e. The molecule has 7 heteroatoms. The number of rotatable bonds is 29. The molecule has 3 atom stereocenters. The van der Waals surface area contributed by atoms with E-state index in [1.54, 1.807) is 0 Å². The number of phosphoric ester groups is 1. The fourth-order valence-corrected chi connectivity index (χ4v) is 6.62. The van der Waals surface area contributed by atoms with Gasteiger partial charge in [-0.1, -0.05) is 135 Å². The summed E-state index contributed by atoms with van der Waals surface area (Å²) in [7, 11) is 1.75. The van der Waals surface area contributed by atoms with E-state index in [-0.39, 0.29) is 18.6 Å². The summed E-state index contributed by atoms with van der Waals surface area (Å²) in [6.45, 7) is 4.40. The van der Waals surface area contributed by atoms with Gasteiger partial charge >= 0.3 is 0 Å². The van der Waals surface area contributed by atoms with E-state index in [2.05, 4.69) is 6.92 Å². The molecule has 0 aromatic rings. The van der Waals surface area contributed by atoms with Crippen LogP contribution in [0.1, 0.15) is 155 Å². The fraction of sp³-hybridized carbons (Fsp3) is 1.00. The van der Waals surface area contributed by atoms with E-state index < -0.39 is 7.82 Å². The first-order valence-electron chi connectivity index (χ1n) is 17.3. The minimum Gasteiger partial charge on any atom is -0.756 e. The van der Waals surface area contributed by atoms with E-state index in [4.69, 9.17) is 13.8 Å². The van der Waals surface area contributed by atoms with Crippen LogP contribution in [0.5, 0.6) is 0 Å². The molecule has 0 bridgehead atoms. The summed E-state index contributed by atoms with van der Waals surface area (Å²) in [6.07, 6.45) is 30.1. The van der Waals surface area contributed by atoms with Gasteiger partial charge in [-0.25, -0.2) is 0 Å². The van der Waals surface area contributed by atoms with Gasteiger partial charge in [-0.15, -0.1) is 0 Å². The van der Waals surface area contributed by atoms with Crippen LogP contribution in [0, 0.1) is 5.92 Å². The van der Waals surface area contributed by atoms with Crippen molar-refractivity contribution >= 4 is 7.82 Å². The summed E-state index contributed by atoms with van der Waals surface area (Å²) < 4.78 is 29.3. The summed E-state index contributed by atoms with van der Waals surface area (Å²) in [6, 6.07) is 0. The molecule has 240 valence electrons. The van der Waals surface area contributed by atoms with Gasteiger partial charge in [0, 0.05) is 12.5 Å². The Hall–Kier alpha value is 0.0300. The molecule has 0 amide bonds. The molecule has 0 aromatic carbocycles. The van der Waals surface area contributed by atoms with Gasteiger partial charge in [0.25, 0.3) is 7.82 Å². The molecule has 0 aromatic heterocycles. The summed E-state index contributed by atoms with van der Waals surface area (Å²) in [4.78, 5) is 12.2. The van der Waals surface area contributed by atoms with Crippen molar-refractivity contribution in [2.75, 3.05) is 47.5 Å². The maximum atomic E-state index is 12.2. The Morgan fingerprint density at radius 1 is 0.675 bits per heavy atom. The van der Waals surface area contributed by atoms with Gasteiger partial charge in [-0.05, 0) is 19.3 Å². The highest BCUT2D eigenvalue weighted by atomic mass is 31.2. The molecular formula is C33H68NO5P. The highest BCUT2D eigenvalue weighted by Gasteiger charge is 2.31. The van der Waals surface area contributed by atoms with Crippen molar-refractivity contribution in [2.24, 2.45) is 5.92 Å². The van der Waals surface area contributed by atoms with Gasteiger partial charge in [-0.3, -0.25) is 4.57 Å². The molecule has 0 spiro atoms. The van der Waals surface area contributed by atoms with Gasteiger partial charge in [0.2, 0.25) is 0 Å². The zero-order valence-electron chi connectivity index (χ0n) is 27.2. The number of unbranched alkanes of at least 4 members (excludes halogenated alkanes) is 19. The van der Waals surface area contributed by atoms with Crippen LogP contribution in [-0.4, -0.2) is 58.1 Å². The molecule has 0 heterocycles. The summed E-state index contributed by atoms with van der Waals surface area (Å²) in [5.41, 5.74) is 0. The quantitative estimate of drug-likeness (QED) is 0.0494. The second kappa shape index (κ2) is 24.5. The van der Waals surface area contributed by atoms with E-state index in [9.17, 15) is 9.46 Å². The third-order valence-electron chi connectivity index (χ3n) is 8.34. The normalized spacial score (nSPS) is 19.3. The monoisotopic (exact) mass is 589 g/mol. The average molecular weight is 590 g/mol. The van der Waals surface area contributed by atoms with Crippen LogP contribution >= 0.6 is 7.82 Å². The Labute approximate surface area is 249 Å². The van der Waals surface area contributed by atoms with Crippen LogP contribution in [-0.2, 0) is 18.3 Å². The molecule has 1 saturated carbocycles. The number of quaternary nitrogens is 1. The van der Waals surface area contributed by atoms with E-state index in [1.165, 1.54) is 122 Å². The largest absolute Gasteiger partial charge is 0.756 e. The van der Waals surface area contributed by atoms with E-state index in [0.29, 0.717) is 17.6 Å². The zero-order chi connectivity index (χ0) is 29.4. The SMILES string of the molecule is CCCCCCCCCCCCCCCCCCCCCCOC[C@@H]1CCC[C@H]1OP(=O)([O-])OCC[N+](C)(C)C. The predicted octanol–water partition coefficient (Wildman–Crippen LogP) is 9.20. The maximum Gasteiger partial charge on any atom is 0.268 e. The molecule has 1 fully saturated rings. The Bertz CT molecular complexity index is 612. The molecule has 40 heavy (non-hydrogen) atoms. The Morgan fingerprint density at radius 3 is 1.57 bits per heavy atom. The second-order valence-corrected chi connectivity index (χ2v) is 14.8. The topological polar surface area (TPSA) is 67.8 Å². The number of likely N-dealkylation sites (N-methyl/N-ethyl adjacent to an activating group) is 1. The Kier molecular flexibility index (Phi) is 23.3. The van der Waals surface area contributed by atoms with Crippen LogP contribution in [0.15, 0.2) is 0 Å². The molecule has 0 radical (unpaired) electrons. The first-order chi connectivity index (χ1) is 19.2. The zero-order valence-corrected chi connectivity index (χ0v) is 28.1. The van der Waals surface area contributed by atoms with Crippen LogP contribution in [0.4, 0.5) is 0 Å². The minimum atomic E-state index is -4.26.